The number of quaternary nitrogens is 1. The second kappa shape index (κ2) is 43.4. The summed E-state index contributed by atoms with van der Waals surface area (Å²) in [6.07, 6.45) is 55.2. The van der Waals surface area contributed by atoms with Crippen molar-refractivity contribution in [1.29, 1.82) is 0 Å². The highest BCUT2D eigenvalue weighted by Gasteiger charge is 2.31. The van der Waals surface area contributed by atoms with Crippen LogP contribution in [0.5, 0.6) is 0 Å². The maximum absolute atomic E-state index is 12.8. The SMILES string of the molecule is CC/C=C/C/C=C/C/C=C/C/C=C/C/C=C/C/C=C/CCCCC(=O)OC(COCCC(C(=O)O)[N+](C)(C)C)COC(=O)CCCCCCCCCCCCCCCCCC. The molecule has 0 aromatic heterocycles. The van der Waals surface area contributed by atoms with Crippen LogP contribution in [0.25, 0.3) is 0 Å². The standard InChI is InChI=1S/C53H91NO7/c1-6-8-10-12-14-16-18-20-22-24-25-26-27-28-30-32-34-36-38-40-42-44-52(56)61-49(47-59-46-45-50(53(57)58)54(3,4)5)48-60-51(55)43-41-39-37-35-33-31-29-23-21-19-17-15-13-11-9-7-2/h8,10,14,16,20,22,25-26,28,30,34,36,49-50H,6-7,9,11-13,15,17-19,21,23-24,27,29,31-33,35,37-48H2,1-5H3/p+1/b10-8+,16-14+,22-20+,26-25+,30-28+,36-34+. The summed E-state index contributed by atoms with van der Waals surface area (Å²) in [4.78, 5) is 37.1. The summed E-state index contributed by atoms with van der Waals surface area (Å²) in [6.45, 7) is 4.58. The number of carbonyl (C=O) groups excluding carboxylic acids is 2. The minimum absolute atomic E-state index is 0.0418. The smallest absolute Gasteiger partial charge is 0.362 e. The summed E-state index contributed by atoms with van der Waals surface area (Å²) < 4.78 is 17.3. The number of carbonyl (C=O) groups is 3. The second-order valence-electron chi connectivity index (χ2n) is 17.3. The first-order valence-corrected chi connectivity index (χ1v) is 24.5. The number of esters is 2. The molecule has 2 unspecified atom stereocenters. The van der Waals surface area contributed by atoms with Crippen molar-refractivity contribution in [2.24, 2.45) is 0 Å². The molecular weight excluding hydrogens is 763 g/mol. The minimum Gasteiger partial charge on any atom is -0.477 e. The topological polar surface area (TPSA) is 99.1 Å². The molecule has 61 heavy (non-hydrogen) atoms. The number of carboxylic acids is 1. The molecule has 0 fully saturated rings. The second-order valence-corrected chi connectivity index (χ2v) is 17.3. The van der Waals surface area contributed by atoms with E-state index in [2.05, 4.69) is 86.8 Å². The van der Waals surface area contributed by atoms with E-state index in [0.29, 0.717) is 19.3 Å². The van der Waals surface area contributed by atoms with Gasteiger partial charge in [0.05, 0.1) is 34.4 Å². The van der Waals surface area contributed by atoms with E-state index in [4.69, 9.17) is 14.2 Å². The highest BCUT2D eigenvalue weighted by Crippen LogP contribution is 2.15. The van der Waals surface area contributed by atoms with Gasteiger partial charge in [0.25, 0.3) is 0 Å². The first-order valence-electron chi connectivity index (χ1n) is 24.5. The molecule has 0 saturated heterocycles. The van der Waals surface area contributed by atoms with Crippen molar-refractivity contribution >= 4 is 17.9 Å². The Morgan fingerprint density at radius 3 is 1.36 bits per heavy atom. The fourth-order valence-corrected chi connectivity index (χ4v) is 6.86. The van der Waals surface area contributed by atoms with Crippen LogP contribution in [-0.4, -0.2) is 80.6 Å². The molecule has 0 amide bonds. The summed E-state index contributed by atoms with van der Waals surface area (Å²) >= 11 is 0. The Morgan fingerprint density at radius 1 is 0.508 bits per heavy atom. The van der Waals surface area contributed by atoms with Gasteiger partial charge in [0.2, 0.25) is 0 Å². The van der Waals surface area contributed by atoms with E-state index in [1.807, 2.05) is 21.1 Å². The largest absolute Gasteiger partial charge is 0.477 e. The third kappa shape index (κ3) is 41.9. The molecule has 0 bridgehead atoms. The molecule has 0 aromatic rings. The molecule has 0 heterocycles. The Balaban J connectivity index is 4.38. The molecule has 1 N–H and O–H groups in total. The Morgan fingerprint density at radius 2 is 0.918 bits per heavy atom. The summed E-state index contributed by atoms with van der Waals surface area (Å²) in [6, 6.07) is -0.625. The van der Waals surface area contributed by atoms with Crippen LogP contribution in [0.2, 0.25) is 0 Å². The summed E-state index contributed by atoms with van der Waals surface area (Å²) in [7, 11) is 5.51. The average molecular weight is 855 g/mol. The van der Waals surface area contributed by atoms with Gasteiger partial charge in [0.15, 0.2) is 12.1 Å². The molecule has 0 aromatic carbocycles. The lowest BCUT2D eigenvalue weighted by atomic mass is 10.0. The van der Waals surface area contributed by atoms with Crippen LogP contribution < -0.4 is 0 Å². The molecule has 350 valence electrons. The van der Waals surface area contributed by atoms with Gasteiger partial charge >= 0.3 is 17.9 Å². The quantitative estimate of drug-likeness (QED) is 0.0282. The maximum Gasteiger partial charge on any atom is 0.362 e. The fourth-order valence-electron chi connectivity index (χ4n) is 6.86. The van der Waals surface area contributed by atoms with Crippen molar-refractivity contribution in [2.45, 2.75) is 206 Å². The Bertz CT molecular complexity index is 1230. The molecule has 8 nitrogen and oxygen atoms in total. The molecule has 0 rings (SSSR count). The van der Waals surface area contributed by atoms with Crippen LogP contribution in [0.1, 0.15) is 194 Å². The molecule has 2 atom stereocenters. The lowest BCUT2D eigenvalue weighted by molar-refractivity contribution is -0.887. The van der Waals surface area contributed by atoms with Gasteiger partial charge in [0.1, 0.15) is 6.61 Å². The van der Waals surface area contributed by atoms with E-state index in [9.17, 15) is 19.5 Å². The van der Waals surface area contributed by atoms with Crippen molar-refractivity contribution in [2.75, 3.05) is 41.0 Å². The number of hydrogen-bond donors (Lipinski definition) is 1. The highest BCUT2D eigenvalue weighted by atomic mass is 16.6. The van der Waals surface area contributed by atoms with E-state index in [1.54, 1.807) is 0 Å². The highest BCUT2D eigenvalue weighted by molar-refractivity contribution is 5.72. The lowest BCUT2D eigenvalue weighted by Gasteiger charge is -2.31. The van der Waals surface area contributed by atoms with Crippen molar-refractivity contribution in [3.8, 4) is 0 Å². The number of aliphatic carboxylic acids is 1. The van der Waals surface area contributed by atoms with Crippen LogP contribution >= 0.6 is 0 Å². The number of ether oxygens (including phenoxy) is 3. The number of hydrogen-bond acceptors (Lipinski definition) is 6. The summed E-state index contributed by atoms with van der Waals surface area (Å²) in [5.74, 6) is -1.52. The number of unbranched alkanes of at least 4 members (excludes halogenated alkanes) is 17. The van der Waals surface area contributed by atoms with Crippen LogP contribution in [-0.2, 0) is 28.6 Å². The van der Waals surface area contributed by atoms with Crippen molar-refractivity contribution < 1.29 is 38.2 Å². The number of allylic oxidation sites excluding steroid dienone is 12. The predicted octanol–water partition coefficient (Wildman–Crippen LogP) is 13.9. The monoisotopic (exact) mass is 855 g/mol. The Hall–Kier alpha value is -3.23. The van der Waals surface area contributed by atoms with Gasteiger partial charge in [-0.1, -0.05) is 183 Å². The van der Waals surface area contributed by atoms with Gasteiger partial charge in [-0.05, 0) is 64.2 Å². The molecule has 8 heteroatoms. The van der Waals surface area contributed by atoms with Gasteiger partial charge in [-0.3, -0.25) is 9.59 Å². The van der Waals surface area contributed by atoms with E-state index < -0.39 is 18.1 Å². The van der Waals surface area contributed by atoms with E-state index in [-0.39, 0.29) is 42.7 Å². The van der Waals surface area contributed by atoms with Gasteiger partial charge < -0.3 is 23.8 Å². The Labute approximate surface area is 374 Å². The van der Waals surface area contributed by atoms with E-state index in [1.165, 1.54) is 83.5 Å². The molecular formula is C53H92NO7+. The first kappa shape index (κ1) is 57.8. The predicted molar refractivity (Wildman–Crippen MR) is 257 cm³/mol. The lowest BCUT2D eigenvalue weighted by Crippen LogP contribution is -2.50. The zero-order chi connectivity index (χ0) is 44.9. The third-order valence-corrected chi connectivity index (χ3v) is 10.6. The number of nitrogens with zero attached hydrogens (tertiary/aromatic N) is 1. The number of carboxylic acid groups (broad SMARTS) is 1. The van der Waals surface area contributed by atoms with Crippen LogP contribution in [0.3, 0.4) is 0 Å². The minimum atomic E-state index is -0.883. The number of rotatable bonds is 43. The molecule has 0 aliphatic heterocycles. The molecule has 0 spiro atoms. The van der Waals surface area contributed by atoms with Crippen LogP contribution in [0.15, 0.2) is 72.9 Å². The van der Waals surface area contributed by atoms with Crippen molar-refractivity contribution in [3.05, 3.63) is 72.9 Å². The van der Waals surface area contributed by atoms with Crippen LogP contribution in [0.4, 0.5) is 0 Å². The number of likely N-dealkylation sites (N-methyl/N-ethyl adjacent to an activating group) is 1. The third-order valence-electron chi connectivity index (χ3n) is 10.6. The van der Waals surface area contributed by atoms with E-state index >= 15 is 0 Å². The zero-order valence-corrected chi connectivity index (χ0v) is 39.8. The van der Waals surface area contributed by atoms with Crippen molar-refractivity contribution in [1.82, 2.24) is 0 Å². The molecule has 0 saturated carbocycles. The summed E-state index contributed by atoms with van der Waals surface area (Å²) in [5.41, 5.74) is 0. The van der Waals surface area contributed by atoms with Gasteiger partial charge in [0, 0.05) is 19.3 Å². The summed E-state index contributed by atoms with van der Waals surface area (Å²) in [5, 5.41) is 9.64. The van der Waals surface area contributed by atoms with Crippen LogP contribution in [0, 0.1) is 0 Å². The maximum atomic E-state index is 12.8. The molecule has 0 aliphatic rings. The normalized spacial score (nSPS) is 13.5. The van der Waals surface area contributed by atoms with Gasteiger partial charge in [-0.25, -0.2) is 4.79 Å². The average Bonchev–Trinajstić information content (AvgIpc) is 3.22. The molecule has 0 aliphatic carbocycles. The van der Waals surface area contributed by atoms with E-state index in [0.717, 1.165) is 70.6 Å². The Kier molecular flexibility index (Phi) is 41.1. The molecule has 0 radical (unpaired) electrons. The first-order chi connectivity index (χ1) is 29.6. The van der Waals surface area contributed by atoms with Gasteiger partial charge in [-0.2, -0.15) is 0 Å². The van der Waals surface area contributed by atoms with Crippen molar-refractivity contribution in [3.63, 3.8) is 0 Å². The van der Waals surface area contributed by atoms with Gasteiger partial charge in [-0.15, -0.1) is 0 Å². The zero-order valence-electron chi connectivity index (χ0n) is 39.8. The fraction of sp³-hybridized carbons (Fsp3) is 0.717.